The van der Waals surface area contributed by atoms with Crippen LogP contribution in [0.4, 0.5) is 5.95 Å². The van der Waals surface area contributed by atoms with Crippen molar-refractivity contribution in [1.82, 2.24) is 19.4 Å². The van der Waals surface area contributed by atoms with E-state index < -0.39 is 0 Å². The number of benzene rings is 2. The van der Waals surface area contributed by atoms with Gasteiger partial charge in [-0.1, -0.05) is 30.7 Å². The highest BCUT2D eigenvalue weighted by molar-refractivity contribution is 6.30. The van der Waals surface area contributed by atoms with E-state index in [1.165, 1.54) is 0 Å². The number of halogens is 1. The number of imidazole rings is 1. The van der Waals surface area contributed by atoms with Crippen molar-refractivity contribution in [1.29, 1.82) is 0 Å². The molecule has 0 aliphatic carbocycles. The number of nitrogens with one attached hydrogen (secondary N) is 1. The fourth-order valence-electron chi connectivity index (χ4n) is 3.34. The number of nitrogens with zero attached hydrogens (tertiary/aromatic N) is 4. The summed E-state index contributed by atoms with van der Waals surface area (Å²) in [7, 11) is 5.47. The van der Waals surface area contributed by atoms with Crippen LogP contribution >= 0.6 is 11.6 Å². The average molecular weight is 484 g/mol. The van der Waals surface area contributed by atoms with Crippen molar-refractivity contribution in [2.75, 3.05) is 46.2 Å². The molecule has 3 aromatic rings. The van der Waals surface area contributed by atoms with Crippen LogP contribution < -0.4 is 10.1 Å². The molecule has 0 bridgehead atoms. The Morgan fingerprint density at radius 1 is 1.06 bits per heavy atom. The number of carbonyl (C=O) groups excluding carboxylic acids is 2. The van der Waals surface area contributed by atoms with Gasteiger partial charge < -0.3 is 14.5 Å². The summed E-state index contributed by atoms with van der Waals surface area (Å²) in [4.78, 5) is 33.5. The van der Waals surface area contributed by atoms with Crippen molar-refractivity contribution in [3.63, 3.8) is 0 Å². The van der Waals surface area contributed by atoms with Crippen LogP contribution in [0.3, 0.4) is 0 Å². The lowest BCUT2D eigenvalue weighted by atomic mass is 10.2. The van der Waals surface area contributed by atoms with E-state index in [0.29, 0.717) is 36.2 Å². The van der Waals surface area contributed by atoms with Crippen molar-refractivity contribution in [3.8, 4) is 22.7 Å². The van der Waals surface area contributed by atoms with Gasteiger partial charge in [0.1, 0.15) is 5.75 Å². The van der Waals surface area contributed by atoms with Crippen LogP contribution in [0.15, 0.2) is 54.7 Å². The zero-order chi connectivity index (χ0) is 24.7. The fraction of sp³-hybridized carbons (Fsp3) is 0.320. The molecule has 2 amide bonds. The summed E-state index contributed by atoms with van der Waals surface area (Å²) in [5.41, 5.74) is 2.34. The van der Waals surface area contributed by atoms with Crippen molar-refractivity contribution in [2.45, 2.75) is 13.3 Å². The Morgan fingerprint density at radius 3 is 2.32 bits per heavy atom. The molecule has 3 rings (SSSR count). The molecule has 0 saturated carbocycles. The van der Waals surface area contributed by atoms with Gasteiger partial charge in [0.15, 0.2) is 0 Å². The Morgan fingerprint density at radius 2 is 1.74 bits per heavy atom. The lowest BCUT2D eigenvalue weighted by molar-refractivity contribution is -0.134. The third-order valence-corrected chi connectivity index (χ3v) is 5.51. The highest BCUT2D eigenvalue weighted by Crippen LogP contribution is 2.26. The second kappa shape index (κ2) is 11.7. The Labute approximate surface area is 205 Å². The second-order valence-corrected chi connectivity index (χ2v) is 8.48. The number of ether oxygens (including phenoxy) is 1. The SMILES string of the molecule is CCC(=O)N(CCN(C)C)CC(=O)Nc1nc(-c2ccc(Cl)cc2)cn1-c1ccc(OC)cc1. The van der Waals surface area contributed by atoms with Crippen LogP contribution in [0.1, 0.15) is 13.3 Å². The van der Waals surface area contributed by atoms with Crippen LogP contribution in [-0.4, -0.2) is 72.0 Å². The fourth-order valence-corrected chi connectivity index (χ4v) is 3.47. The van der Waals surface area contributed by atoms with Gasteiger partial charge in [0.05, 0.1) is 19.3 Å². The van der Waals surface area contributed by atoms with E-state index >= 15 is 0 Å². The number of carbonyl (C=O) groups is 2. The smallest absolute Gasteiger partial charge is 0.246 e. The molecule has 34 heavy (non-hydrogen) atoms. The summed E-state index contributed by atoms with van der Waals surface area (Å²) >= 11 is 6.03. The van der Waals surface area contributed by atoms with Crippen molar-refractivity contribution in [2.24, 2.45) is 0 Å². The molecule has 180 valence electrons. The van der Waals surface area contributed by atoms with E-state index in [2.05, 4.69) is 10.3 Å². The summed E-state index contributed by atoms with van der Waals surface area (Å²) in [6.45, 7) is 2.88. The van der Waals surface area contributed by atoms with Crippen LogP contribution in [-0.2, 0) is 9.59 Å². The van der Waals surface area contributed by atoms with Gasteiger partial charge in [0.25, 0.3) is 0 Å². The molecule has 0 fully saturated rings. The van der Waals surface area contributed by atoms with Crippen LogP contribution in [0.5, 0.6) is 5.75 Å². The summed E-state index contributed by atoms with van der Waals surface area (Å²) in [5.74, 6) is 0.694. The molecular formula is C25H30ClN5O3. The number of methoxy groups -OCH3 is 1. The molecule has 0 spiro atoms. The van der Waals surface area contributed by atoms with Gasteiger partial charge >= 0.3 is 0 Å². The number of hydrogen-bond acceptors (Lipinski definition) is 5. The Kier molecular flexibility index (Phi) is 8.67. The summed E-state index contributed by atoms with van der Waals surface area (Å²) < 4.78 is 7.05. The first kappa shape index (κ1) is 25.3. The zero-order valence-corrected chi connectivity index (χ0v) is 20.7. The average Bonchev–Trinajstić information content (AvgIpc) is 3.25. The first-order valence-corrected chi connectivity index (χ1v) is 11.4. The maximum absolute atomic E-state index is 13.0. The molecule has 8 nitrogen and oxygen atoms in total. The van der Waals surface area contributed by atoms with E-state index in [0.717, 1.165) is 17.0 Å². The number of rotatable bonds is 10. The minimum atomic E-state index is -0.316. The van der Waals surface area contributed by atoms with E-state index in [-0.39, 0.29) is 18.4 Å². The maximum Gasteiger partial charge on any atom is 0.246 e. The molecule has 1 N–H and O–H groups in total. The summed E-state index contributed by atoms with van der Waals surface area (Å²) in [5, 5.41) is 3.51. The Hall–Kier alpha value is -3.36. The molecule has 9 heteroatoms. The number of aromatic nitrogens is 2. The van der Waals surface area contributed by atoms with Crippen LogP contribution in [0.2, 0.25) is 5.02 Å². The summed E-state index contributed by atoms with van der Waals surface area (Å²) in [6.07, 6.45) is 2.18. The van der Waals surface area contributed by atoms with Crippen LogP contribution in [0, 0.1) is 0 Å². The van der Waals surface area contributed by atoms with Gasteiger partial charge in [-0.05, 0) is 50.5 Å². The second-order valence-electron chi connectivity index (χ2n) is 8.04. The predicted octanol–water partition coefficient (Wildman–Crippen LogP) is 3.94. The lowest BCUT2D eigenvalue weighted by Crippen LogP contribution is -2.41. The molecule has 1 heterocycles. The number of amides is 2. The molecule has 0 aliphatic heterocycles. The van der Waals surface area contributed by atoms with Crippen molar-refractivity contribution in [3.05, 3.63) is 59.8 Å². The molecule has 0 saturated heterocycles. The van der Waals surface area contributed by atoms with E-state index in [1.54, 1.807) is 35.6 Å². The molecule has 0 unspecified atom stereocenters. The molecular weight excluding hydrogens is 454 g/mol. The first-order valence-electron chi connectivity index (χ1n) is 11.0. The normalized spacial score (nSPS) is 10.9. The predicted molar refractivity (Wildman–Crippen MR) is 135 cm³/mol. The summed E-state index contributed by atoms with van der Waals surface area (Å²) in [6, 6.07) is 14.8. The number of hydrogen-bond donors (Lipinski definition) is 1. The van der Waals surface area contributed by atoms with Crippen molar-refractivity contribution < 1.29 is 14.3 Å². The quantitative estimate of drug-likeness (QED) is 0.472. The largest absolute Gasteiger partial charge is 0.497 e. The topological polar surface area (TPSA) is 79.7 Å². The minimum absolute atomic E-state index is 0.0493. The van der Waals surface area contributed by atoms with Gasteiger partial charge in [0, 0.05) is 42.0 Å². The van der Waals surface area contributed by atoms with Crippen LogP contribution in [0.25, 0.3) is 16.9 Å². The lowest BCUT2D eigenvalue weighted by Gasteiger charge is -2.23. The van der Waals surface area contributed by atoms with Gasteiger partial charge in [-0.2, -0.15) is 0 Å². The van der Waals surface area contributed by atoms with Gasteiger partial charge in [0.2, 0.25) is 17.8 Å². The molecule has 1 aromatic heterocycles. The standard InChI is InChI=1S/C25H30ClN5O3/c1-5-24(33)30(15-14-29(2)3)17-23(32)28-25-27-22(18-6-8-19(26)9-7-18)16-31(25)20-10-12-21(34-4)13-11-20/h6-13,16H,5,14-15,17H2,1-4H3,(H,27,28,32). The molecule has 0 aliphatic rings. The van der Waals surface area contributed by atoms with E-state index in [1.807, 2.05) is 61.6 Å². The Balaban J connectivity index is 1.89. The molecule has 0 radical (unpaired) electrons. The van der Waals surface area contributed by atoms with Gasteiger partial charge in [-0.3, -0.25) is 19.5 Å². The molecule has 2 aromatic carbocycles. The number of anilines is 1. The highest BCUT2D eigenvalue weighted by atomic mass is 35.5. The third-order valence-electron chi connectivity index (χ3n) is 5.25. The molecule has 0 atom stereocenters. The first-order chi connectivity index (χ1) is 16.3. The number of likely N-dealkylation sites (N-methyl/N-ethyl adjacent to an activating group) is 1. The third kappa shape index (κ3) is 6.59. The van der Waals surface area contributed by atoms with E-state index in [9.17, 15) is 9.59 Å². The maximum atomic E-state index is 13.0. The highest BCUT2D eigenvalue weighted by Gasteiger charge is 2.19. The zero-order valence-electron chi connectivity index (χ0n) is 19.9. The van der Waals surface area contributed by atoms with Gasteiger partial charge in [-0.15, -0.1) is 0 Å². The minimum Gasteiger partial charge on any atom is -0.497 e. The Bertz CT molecular complexity index is 1110. The van der Waals surface area contributed by atoms with Crippen molar-refractivity contribution >= 4 is 29.4 Å². The van der Waals surface area contributed by atoms with Gasteiger partial charge in [-0.25, -0.2) is 4.98 Å². The van der Waals surface area contributed by atoms with E-state index in [4.69, 9.17) is 16.3 Å². The monoisotopic (exact) mass is 483 g/mol.